The average Bonchev–Trinajstić information content (AvgIpc) is 2.27. The minimum atomic E-state index is -0.506. The van der Waals surface area contributed by atoms with Gasteiger partial charge in [0, 0.05) is 18.3 Å². The molecule has 0 unspecified atom stereocenters. The van der Waals surface area contributed by atoms with Crippen molar-refractivity contribution >= 4 is 6.09 Å². The molecule has 0 fully saturated rings. The first-order valence-electron chi connectivity index (χ1n) is 6.00. The molecule has 1 aliphatic rings. The number of pyridine rings is 1. The molecule has 0 aromatic carbocycles. The van der Waals surface area contributed by atoms with Crippen LogP contribution in [0.5, 0.6) is 5.88 Å². The summed E-state index contributed by atoms with van der Waals surface area (Å²) in [6.45, 7) is 6.46. The number of carbonyl (C=O) groups is 1. The van der Waals surface area contributed by atoms with Gasteiger partial charge < -0.3 is 14.7 Å². The number of hydrogen-bond acceptors (Lipinski definition) is 4. The van der Waals surface area contributed by atoms with Crippen LogP contribution in [0.3, 0.4) is 0 Å². The average molecular weight is 250 g/mol. The third kappa shape index (κ3) is 2.72. The number of nitrogens with zero attached hydrogens (tertiary/aromatic N) is 2. The van der Waals surface area contributed by atoms with Crippen molar-refractivity contribution in [2.45, 2.75) is 39.3 Å². The zero-order valence-corrected chi connectivity index (χ0v) is 10.9. The van der Waals surface area contributed by atoms with Gasteiger partial charge in [-0.3, -0.25) is 0 Å². The lowest BCUT2D eigenvalue weighted by Crippen LogP contribution is -2.39. The molecule has 0 radical (unpaired) electrons. The van der Waals surface area contributed by atoms with Crippen molar-refractivity contribution in [3.05, 3.63) is 23.4 Å². The first-order valence-corrected chi connectivity index (χ1v) is 6.00. The maximum atomic E-state index is 11.9. The van der Waals surface area contributed by atoms with Crippen LogP contribution in [0.2, 0.25) is 0 Å². The van der Waals surface area contributed by atoms with Crippen LogP contribution in [-0.2, 0) is 17.7 Å². The Kier molecular flexibility index (Phi) is 3.15. The standard InChI is InChI=1S/C13H18N2O3/c1-13(2,3)18-12(17)15-7-5-9-4-6-14-11(16)10(9)8-15/h4,6H,5,7-8H2,1-3H3,(H,14,16). The first-order chi connectivity index (χ1) is 8.37. The van der Waals surface area contributed by atoms with Crippen LogP contribution in [0.25, 0.3) is 0 Å². The van der Waals surface area contributed by atoms with Gasteiger partial charge in [-0.1, -0.05) is 0 Å². The summed E-state index contributed by atoms with van der Waals surface area (Å²) in [5, 5.41) is 9.70. The summed E-state index contributed by atoms with van der Waals surface area (Å²) in [6, 6.07) is 1.88. The number of hydrogen-bond donors (Lipinski definition) is 1. The summed E-state index contributed by atoms with van der Waals surface area (Å²) >= 11 is 0. The van der Waals surface area contributed by atoms with E-state index in [-0.39, 0.29) is 12.0 Å². The zero-order valence-electron chi connectivity index (χ0n) is 10.9. The van der Waals surface area contributed by atoms with Crippen LogP contribution in [-0.4, -0.2) is 33.2 Å². The maximum Gasteiger partial charge on any atom is 0.410 e. The molecule has 5 heteroatoms. The molecule has 0 atom stereocenters. The van der Waals surface area contributed by atoms with Crippen LogP contribution in [0.4, 0.5) is 4.79 Å². The normalized spacial score (nSPS) is 15.2. The summed E-state index contributed by atoms with van der Waals surface area (Å²) < 4.78 is 5.32. The van der Waals surface area contributed by atoms with Crippen molar-refractivity contribution in [1.82, 2.24) is 9.88 Å². The Morgan fingerprint density at radius 2 is 2.22 bits per heavy atom. The maximum absolute atomic E-state index is 11.9. The number of rotatable bonds is 0. The lowest BCUT2D eigenvalue weighted by atomic mass is 10.0. The molecule has 0 saturated carbocycles. The quantitative estimate of drug-likeness (QED) is 0.765. The molecule has 2 rings (SSSR count). The van der Waals surface area contributed by atoms with Gasteiger partial charge in [-0.15, -0.1) is 0 Å². The van der Waals surface area contributed by atoms with Crippen molar-refractivity contribution < 1.29 is 14.6 Å². The van der Waals surface area contributed by atoms with Crippen molar-refractivity contribution in [3.63, 3.8) is 0 Å². The Morgan fingerprint density at radius 1 is 1.50 bits per heavy atom. The fourth-order valence-corrected chi connectivity index (χ4v) is 1.93. The fraction of sp³-hybridized carbons (Fsp3) is 0.538. The molecule has 98 valence electrons. The number of fused-ring (bicyclic) bond motifs is 1. The molecular formula is C13H18N2O3. The summed E-state index contributed by atoms with van der Waals surface area (Å²) in [6.07, 6.45) is 1.94. The van der Waals surface area contributed by atoms with Crippen LogP contribution in [0.15, 0.2) is 12.3 Å². The van der Waals surface area contributed by atoms with E-state index >= 15 is 0 Å². The Bertz CT molecular complexity index is 466. The van der Waals surface area contributed by atoms with E-state index in [1.165, 1.54) is 0 Å². The second kappa shape index (κ2) is 4.48. The summed E-state index contributed by atoms with van der Waals surface area (Å²) in [4.78, 5) is 17.4. The van der Waals surface area contributed by atoms with Gasteiger partial charge in [0.2, 0.25) is 5.88 Å². The number of aromatic hydroxyl groups is 1. The molecule has 18 heavy (non-hydrogen) atoms. The largest absolute Gasteiger partial charge is 0.493 e. The van der Waals surface area contributed by atoms with Gasteiger partial charge in [0.1, 0.15) is 5.60 Å². The molecule has 0 bridgehead atoms. The Morgan fingerprint density at radius 3 is 2.89 bits per heavy atom. The highest BCUT2D eigenvalue weighted by molar-refractivity contribution is 5.68. The van der Waals surface area contributed by atoms with Crippen LogP contribution >= 0.6 is 0 Å². The Hall–Kier alpha value is -1.78. The second-order valence-electron chi connectivity index (χ2n) is 5.42. The molecule has 0 aliphatic carbocycles. The van der Waals surface area contributed by atoms with Crippen molar-refractivity contribution in [2.24, 2.45) is 0 Å². The van der Waals surface area contributed by atoms with Crippen LogP contribution < -0.4 is 0 Å². The van der Waals surface area contributed by atoms with Crippen molar-refractivity contribution in [2.75, 3.05) is 6.54 Å². The van der Waals surface area contributed by atoms with Crippen molar-refractivity contribution in [3.8, 4) is 5.88 Å². The van der Waals surface area contributed by atoms with Crippen molar-refractivity contribution in [1.29, 1.82) is 0 Å². The first kappa shape index (κ1) is 12.7. The van der Waals surface area contributed by atoms with Gasteiger partial charge in [0.25, 0.3) is 0 Å². The molecule has 0 saturated heterocycles. The highest BCUT2D eigenvalue weighted by atomic mass is 16.6. The van der Waals surface area contributed by atoms with E-state index in [0.717, 1.165) is 11.1 Å². The minimum absolute atomic E-state index is 0.000702. The molecule has 5 nitrogen and oxygen atoms in total. The molecule has 2 heterocycles. The van der Waals surface area contributed by atoms with Gasteiger partial charge in [0.05, 0.1) is 6.54 Å². The smallest absolute Gasteiger partial charge is 0.410 e. The molecule has 0 spiro atoms. The molecule has 1 N–H and O–H groups in total. The number of ether oxygens (including phenoxy) is 1. The van der Waals surface area contributed by atoms with Gasteiger partial charge >= 0.3 is 6.09 Å². The topological polar surface area (TPSA) is 62.7 Å². The number of amides is 1. The third-order valence-electron chi connectivity index (χ3n) is 2.78. The zero-order chi connectivity index (χ0) is 13.3. The van der Waals surface area contributed by atoms with E-state index in [1.54, 1.807) is 11.1 Å². The molecule has 1 aromatic rings. The lowest BCUT2D eigenvalue weighted by Gasteiger charge is -2.31. The number of carbonyl (C=O) groups excluding carboxylic acids is 1. The third-order valence-corrected chi connectivity index (χ3v) is 2.78. The second-order valence-corrected chi connectivity index (χ2v) is 5.42. The number of aromatic nitrogens is 1. The fourth-order valence-electron chi connectivity index (χ4n) is 1.93. The summed E-state index contributed by atoms with van der Waals surface area (Å²) in [7, 11) is 0. The van der Waals surface area contributed by atoms with Crippen LogP contribution in [0.1, 0.15) is 31.9 Å². The monoisotopic (exact) mass is 250 g/mol. The van der Waals surface area contributed by atoms with E-state index in [1.807, 2.05) is 26.8 Å². The minimum Gasteiger partial charge on any atom is -0.493 e. The van der Waals surface area contributed by atoms with E-state index in [4.69, 9.17) is 4.74 Å². The van der Waals surface area contributed by atoms with Crippen LogP contribution in [0, 0.1) is 0 Å². The molecule has 1 aliphatic heterocycles. The van der Waals surface area contributed by atoms with Gasteiger partial charge in [0.15, 0.2) is 0 Å². The van der Waals surface area contributed by atoms with E-state index < -0.39 is 5.60 Å². The Balaban J connectivity index is 2.12. The lowest BCUT2D eigenvalue weighted by molar-refractivity contribution is 0.0222. The molecule has 1 amide bonds. The summed E-state index contributed by atoms with van der Waals surface area (Å²) in [5.74, 6) is 0.000702. The van der Waals surface area contributed by atoms with E-state index in [0.29, 0.717) is 19.5 Å². The van der Waals surface area contributed by atoms with Gasteiger partial charge in [-0.25, -0.2) is 9.78 Å². The Labute approximate surface area is 106 Å². The predicted molar refractivity (Wildman–Crippen MR) is 66.2 cm³/mol. The van der Waals surface area contributed by atoms with E-state index in [2.05, 4.69) is 4.98 Å². The van der Waals surface area contributed by atoms with E-state index in [9.17, 15) is 9.90 Å². The molecular weight excluding hydrogens is 232 g/mol. The summed E-state index contributed by atoms with van der Waals surface area (Å²) in [5.41, 5.74) is 1.26. The van der Waals surface area contributed by atoms with Gasteiger partial charge in [-0.2, -0.15) is 0 Å². The highest BCUT2D eigenvalue weighted by Gasteiger charge is 2.27. The molecule has 1 aromatic heterocycles. The highest BCUT2D eigenvalue weighted by Crippen LogP contribution is 2.25. The van der Waals surface area contributed by atoms with Gasteiger partial charge in [-0.05, 0) is 38.8 Å². The SMILES string of the molecule is CC(C)(C)OC(=O)N1CCc2ccnc(O)c2C1. The predicted octanol–water partition coefficient (Wildman–Crippen LogP) is 2.08.